The van der Waals surface area contributed by atoms with Gasteiger partial charge in [0, 0.05) is 17.2 Å². The number of aromatic hydroxyl groups is 1. The molecular weight excluding hydrogens is 438 g/mol. The van der Waals surface area contributed by atoms with E-state index in [1.54, 1.807) is 18.2 Å². The summed E-state index contributed by atoms with van der Waals surface area (Å²) in [5, 5.41) is 23.5. The minimum Gasteiger partial charge on any atom is -0.506 e. The molecule has 1 amide bonds. The molecule has 0 atom stereocenters. The van der Waals surface area contributed by atoms with Crippen molar-refractivity contribution in [1.82, 2.24) is 0 Å². The van der Waals surface area contributed by atoms with Gasteiger partial charge >= 0.3 is 0 Å². The highest BCUT2D eigenvalue weighted by Crippen LogP contribution is 2.30. The summed E-state index contributed by atoms with van der Waals surface area (Å²) in [5.74, 6) is -0.712. The van der Waals surface area contributed by atoms with Gasteiger partial charge < -0.3 is 15.2 Å². The van der Waals surface area contributed by atoms with Crippen molar-refractivity contribution in [2.45, 2.75) is 11.8 Å². The lowest BCUT2D eigenvalue weighted by atomic mass is 10.1. The molecule has 0 unspecified atom stereocenters. The molecule has 3 aromatic carbocycles. The van der Waals surface area contributed by atoms with Crippen LogP contribution in [0.2, 0.25) is 0 Å². The molecule has 0 bridgehead atoms. The Labute approximate surface area is 183 Å². The van der Waals surface area contributed by atoms with E-state index in [1.807, 2.05) is 0 Å². The summed E-state index contributed by atoms with van der Waals surface area (Å²) in [6.07, 6.45) is 0. The molecule has 0 saturated heterocycles. The van der Waals surface area contributed by atoms with Gasteiger partial charge in [0.1, 0.15) is 11.5 Å². The quantitative estimate of drug-likeness (QED) is 0.278. The van der Waals surface area contributed by atoms with Gasteiger partial charge in [0.2, 0.25) is 0 Å². The first kappa shape index (κ1) is 22.6. The van der Waals surface area contributed by atoms with Crippen molar-refractivity contribution in [2.24, 2.45) is 0 Å². The summed E-state index contributed by atoms with van der Waals surface area (Å²) in [6, 6.07) is 13.6. The van der Waals surface area contributed by atoms with Crippen molar-refractivity contribution in [1.29, 1.82) is 0 Å². The second-order valence-electron chi connectivity index (χ2n) is 6.70. The van der Waals surface area contributed by atoms with Crippen molar-refractivity contribution in [2.75, 3.05) is 17.1 Å². The van der Waals surface area contributed by atoms with Gasteiger partial charge in [0.15, 0.2) is 0 Å². The number of benzene rings is 3. The van der Waals surface area contributed by atoms with Crippen LogP contribution in [0.1, 0.15) is 15.9 Å². The SMILES string of the molecule is COc1ccccc1NS(=O)(=O)c1ccc(O)c(NC(=O)c2ccc([N+](=O)[O-])c(C)c2)c1. The number of nitrogens with one attached hydrogen (secondary N) is 2. The number of phenolic OH excluding ortho intramolecular Hbond substituents is 1. The first-order valence-electron chi connectivity index (χ1n) is 9.17. The summed E-state index contributed by atoms with van der Waals surface area (Å²) in [7, 11) is -2.67. The van der Waals surface area contributed by atoms with Crippen molar-refractivity contribution in [3.63, 3.8) is 0 Å². The van der Waals surface area contributed by atoms with Crippen LogP contribution >= 0.6 is 0 Å². The highest BCUT2D eigenvalue weighted by atomic mass is 32.2. The standard InChI is InChI=1S/C21H19N3O7S/c1-13-11-14(7-9-18(13)24(27)28)21(26)22-17-12-15(8-10-19(17)25)32(29,30)23-16-5-3-4-6-20(16)31-2/h3-12,23,25H,1-2H3,(H,22,26). The fourth-order valence-corrected chi connectivity index (χ4v) is 4.01. The second-order valence-corrected chi connectivity index (χ2v) is 8.38. The van der Waals surface area contributed by atoms with Crippen LogP contribution in [0.25, 0.3) is 0 Å². The summed E-state index contributed by atoms with van der Waals surface area (Å²) in [5.41, 5.74) is 0.320. The molecule has 0 heterocycles. The summed E-state index contributed by atoms with van der Waals surface area (Å²) in [6.45, 7) is 1.49. The predicted molar refractivity (Wildman–Crippen MR) is 118 cm³/mol. The van der Waals surface area contributed by atoms with E-state index < -0.39 is 20.9 Å². The molecular formula is C21H19N3O7S. The molecule has 0 fully saturated rings. The van der Waals surface area contributed by atoms with Crippen molar-refractivity contribution in [3.8, 4) is 11.5 Å². The molecule has 0 aliphatic heterocycles. The highest BCUT2D eigenvalue weighted by Gasteiger charge is 2.20. The molecule has 0 aliphatic carbocycles. The topological polar surface area (TPSA) is 148 Å². The third-order valence-corrected chi connectivity index (χ3v) is 5.90. The van der Waals surface area contributed by atoms with Gasteiger partial charge in [0.05, 0.1) is 28.3 Å². The van der Waals surface area contributed by atoms with E-state index in [2.05, 4.69) is 10.0 Å². The number of amides is 1. The number of nitrogens with zero attached hydrogens (tertiary/aromatic N) is 1. The number of anilines is 2. The van der Waals surface area contributed by atoms with E-state index in [0.29, 0.717) is 5.75 Å². The van der Waals surface area contributed by atoms with Gasteiger partial charge in [-0.2, -0.15) is 0 Å². The summed E-state index contributed by atoms with van der Waals surface area (Å²) < 4.78 is 33.2. The predicted octanol–water partition coefficient (Wildman–Crippen LogP) is 3.67. The Morgan fingerprint density at radius 1 is 1.06 bits per heavy atom. The zero-order chi connectivity index (χ0) is 23.5. The number of nitro benzene ring substituents is 1. The number of hydrogen-bond acceptors (Lipinski definition) is 7. The van der Waals surface area contributed by atoms with E-state index in [9.17, 15) is 28.4 Å². The fraction of sp³-hybridized carbons (Fsp3) is 0.0952. The van der Waals surface area contributed by atoms with Gasteiger partial charge in [-0.3, -0.25) is 19.6 Å². The van der Waals surface area contributed by atoms with Crippen LogP contribution in [0.3, 0.4) is 0 Å². The number of carbonyl (C=O) groups excluding carboxylic acids is 1. The number of hydrogen-bond donors (Lipinski definition) is 3. The van der Waals surface area contributed by atoms with Gasteiger partial charge in [-0.25, -0.2) is 8.42 Å². The van der Waals surface area contributed by atoms with E-state index in [1.165, 1.54) is 44.4 Å². The van der Waals surface area contributed by atoms with Crippen molar-refractivity contribution in [3.05, 3.63) is 81.9 Å². The van der Waals surface area contributed by atoms with Crippen LogP contribution in [-0.4, -0.2) is 31.5 Å². The fourth-order valence-electron chi connectivity index (χ4n) is 2.91. The number of methoxy groups -OCH3 is 1. The Morgan fingerprint density at radius 3 is 2.44 bits per heavy atom. The van der Waals surface area contributed by atoms with Gasteiger partial charge in [-0.15, -0.1) is 0 Å². The van der Waals surface area contributed by atoms with Crippen molar-refractivity contribution < 1.29 is 28.0 Å². The van der Waals surface area contributed by atoms with Gasteiger partial charge in [-0.1, -0.05) is 12.1 Å². The maximum Gasteiger partial charge on any atom is 0.272 e. The molecule has 10 nitrogen and oxygen atoms in total. The highest BCUT2D eigenvalue weighted by molar-refractivity contribution is 7.92. The van der Waals surface area contributed by atoms with Crippen LogP contribution < -0.4 is 14.8 Å². The van der Waals surface area contributed by atoms with Crippen molar-refractivity contribution >= 4 is 33.0 Å². The second kappa shape index (κ2) is 8.94. The monoisotopic (exact) mass is 457 g/mol. The van der Waals surface area contributed by atoms with E-state index in [-0.39, 0.29) is 38.8 Å². The van der Waals surface area contributed by atoms with Crippen LogP contribution in [0.15, 0.2) is 65.6 Å². The molecule has 166 valence electrons. The zero-order valence-electron chi connectivity index (χ0n) is 17.0. The van der Waals surface area contributed by atoms with Gasteiger partial charge in [0.25, 0.3) is 21.6 Å². The number of nitro groups is 1. The Hall–Kier alpha value is -4.12. The maximum atomic E-state index is 12.8. The van der Waals surface area contributed by atoms with Crippen LogP contribution in [0.5, 0.6) is 11.5 Å². The number of carbonyl (C=O) groups is 1. The normalized spacial score (nSPS) is 10.9. The van der Waals surface area contributed by atoms with Gasteiger partial charge in [-0.05, 0) is 49.4 Å². The minimum absolute atomic E-state index is 0.105. The number of ether oxygens (including phenoxy) is 1. The lowest BCUT2D eigenvalue weighted by molar-refractivity contribution is -0.385. The Bertz CT molecular complexity index is 1310. The molecule has 0 radical (unpaired) electrons. The summed E-state index contributed by atoms with van der Waals surface area (Å²) in [4.78, 5) is 22.7. The molecule has 3 N–H and O–H groups in total. The molecule has 0 aliphatic rings. The smallest absolute Gasteiger partial charge is 0.272 e. The lowest BCUT2D eigenvalue weighted by Gasteiger charge is -2.13. The average Bonchev–Trinajstić information content (AvgIpc) is 2.74. The molecule has 32 heavy (non-hydrogen) atoms. The van der Waals surface area contributed by atoms with E-state index in [0.717, 1.165) is 12.1 Å². The summed E-state index contributed by atoms with van der Waals surface area (Å²) >= 11 is 0. The molecule has 3 rings (SSSR count). The largest absolute Gasteiger partial charge is 0.506 e. The van der Waals surface area contributed by atoms with Crippen LogP contribution in [0, 0.1) is 17.0 Å². The van der Waals surface area contributed by atoms with Crippen LogP contribution in [0.4, 0.5) is 17.1 Å². The minimum atomic E-state index is -4.07. The Morgan fingerprint density at radius 2 is 1.78 bits per heavy atom. The average molecular weight is 457 g/mol. The lowest BCUT2D eigenvalue weighted by Crippen LogP contribution is -2.16. The Kier molecular flexibility index (Phi) is 6.30. The molecule has 0 aromatic heterocycles. The molecule has 0 spiro atoms. The van der Waals surface area contributed by atoms with Crippen LogP contribution in [-0.2, 0) is 10.0 Å². The number of sulfonamides is 1. The maximum absolute atomic E-state index is 12.8. The number of para-hydroxylation sites is 2. The first-order chi connectivity index (χ1) is 15.1. The Balaban J connectivity index is 1.88. The third-order valence-electron chi connectivity index (χ3n) is 4.53. The molecule has 0 saturated carbocycles. The molecule has 3 aromatic rings. The number of rotatable bonds is 7. The third kappa shape index (κ3) is 4.78. The first-order valence-corrected chi connectivity index (χ1v) is 10.7. The zero-order valence-corrected chi connectivity index (χ0v) is 17.8. The van der Waals surface area contributed by atoms with E-state index >= 15 is 0 Å². The molecule has 11 heteroatoms. The van der Waals surface area contributed by atoms with E-state index in [4.69, 9.17) is 4.74 Å². The number of aryl methyl sites for hydroxylation is 1. The number of phenols is 1.